The highest BCUT2D eigenvalue weighted by atomic mass is 19.1. The Morgan fingerprint density at radius 3 is 2.89 bits per heavy atom. The van der Waals surface area contributed by atoms with Crippen molar-refractivity contribution in [1.82, 2.24) is 4.98 Å². The third-order valence-electron chi connectivity index (χ3n) is 0.923. The Hall–Kier alpha value is -1.25. The molecule has 0 saturated heterocycles. The first-order valence-corrected chi connectivity index (χ1v) is 2.39. The second kappa shape index (κ2) is 2.35. The van der Waals surface area contributed by atoms with Crippen LogP contribution in [0.3, 0.4) is 0 Å². The monoisotopic (exact) mass is 125 g/mol. The molecule has 0 spiro atoms. The second-order valence-electron chi connectivity index (χ2n) is 1.52. The van der Waals surface area contributed by atoms with Crippen LogP contribution in [0.4, 0.5) is 4.39 Å². The highest BCUT2D eigenvalue weighted by molar-refractivity contribution is 5.74. The minimum Gasteiger partial charge on any atom is -0.298 e. The predicted molar refractivity (Wildman–Crippen MR) is 29.6 cm³/mol. The van der Waals surface area contributed by atoms with Crippen LogP contribution in [0.2, 0.25) is 0 Å². The summed E-state index contributed by atoms with van der Waals surface area (Å²) in [5.41, 5.74) is -0.00231. The van der Waals surface area contributed by atoms with Crippen molar-refractivity contribution in [3.63, 3.8) is 0 Å². The number of rotatable bonds is 1. The molecular weight excluding hydrogens is 121 g/mol. The maximum Gasteiger partial charge on any atom is 0.154 e. The van der Waals surface area contributed by atoms with Gasteiger partial charge in [0.15, 0.2) is 6.29 Å². The minimum atomic E-state index is -0.528. The molecule has 0 atom stereocenters. The summed E-state index contributed by atoms with van der Waals surface area (Å²) in [6, 6.07) is 1.14. The molecule has 0 fully saturated rings. The van der Waals surface area contributed by atoms with Crippen molar-refractivity contribution >= 4 is 6.29 Å². The Kier molecular flexibility index (Phi) is 1.53. The van der Waals surface area contributed by atoms with Gasteiger partial charge < -0.3 is 0 Å². The van der Waals surface area contributed by atoms with Crippen LogP contribution in [0.25, 0.3) is 0 Å². The zero-order valence-corrected chi connectivity index (χ0v) is 4.54. The van der Waals surface area contributed by atoms with Gasteiger partial charge in [0.2, 0.25) is 0 Å². The average Bonchev–Trinajstić information content (AvgIpc) is 1.89. The lowest BCUT2D eigenvalue weighted by atomic mass is 10.3. The molecule has 1 aromatic heterocycles. The Balaban J connectivity index is 3.15. The number of aromatic nitrogens is 1. The Morgan fingerprint density at radius 1 is 1.67 bits per heavy atom. The lowest BCUT2D eigenvalue weighted by molar-refractivity contribution is 0.111. The van der Waals surface area contributed by atoms with Gasteiger partial charge in [0.25, 0.3) is 0 Å². The SMILES string of the molecule is O=Cc1cnccc1F. The molecule has 9 heavy (non-hydrogen) atoms. The fourth-order valence-electron chi connectivity index (χ4n) is 0.476. The van der Waals surface area contributed by atoms with Gasteiger partial charge in [-0.05, 0) is 6.07 Å². The van der Waals surface area contributed by atoms with Gasteiger partial charge >= 0.3 is 0 Å². The van der Waals surface area contributed by atoms with E-state index >= 15 is 0 Å². The van der Waals surface area contributed by atoms with Gasteiger partial charge in [0.05, 0.1) is 5.56 Å². The van der Waals surface area contributed by atoms with Crippen LogP contribution in [0.15, 0.2) is 18.5 Å². The molecule has 2 nitrogen and oxygen atoms in total. The van der Waals surface area contributed by atoms with Crippen molar-refractivity contribution in [2.24, 2.45) is 0 Å². The summed E-state index contributed by atoms with van der Waals surface area (Å²) in [5.74, 6) is -0.528. The summed E-state index contributed by atoms with van der Waals surface area (Å²) < 4.78 is 12.3. The zero-order valence-electron chi connectivity index (χ0n) is 4.54. The van der Waals surface area contributed by atoms with Crippen molar-refractivity contribution in [2.45, 2.75) is 0 Å². The molecule has 0 bridgehead atoms. The summed E-state index contributed by atoms with van der Waals surface area (Å²) in [7, 11) is 0. The molecule has 0 aliphatic carbocycles. The van der Waals surface area contributed by atoms with E-state index in [1.165, 1.54) is 12.4 Å². The third-order valence-corrected chi connectivity index (χ3v) is 0.923. The van der Waals surface area contributed by atoms with E-state index in [0.29, 0.717) is 6.29 Å². The highest BCUT2D eigenvalue weighted by Crippen LogP contribution is 1.98. The number of carbonyl (C=O) groups excluding carboxylic acids is 1. The van der Waals surface area contributed by atoms with Crippen molar-refractivity contribution < 1.29 is 9.18 Å². The van der Waals surface area contributed by atoms with Gasteiger partial charge in [-0.2, -0.15) is 0 Å². The quantitative estimate of drug-likeness (QED) is 0.525. The van der Waals surface area contributed by atoms with Gasteiger partial charge in [-0.3, -0.25) is 9.78 Å². The number of halogens is 1. The number of carbonyl (C=O) groups is 1. The van der Waals surface area contributed by atoms with E-state index in [1.807, 2.05) is 0 Å². The lowest BCUT2D eigenvalue weighted by Crippen LogP contribution is -1.86. The molecule has 0 radical (unpaired) electrons. The molecular formula is C6H4FNO. The summed E-state index contributed by atoms with van der Waals surface area (Å²) >= 11 is 0. The van der Waals surface area contributed by atoms with E-state index in [4.69, 9.17) is 0 Å². The molecule has 0 unspecified atom stereocenters. The number of hydrogen-bond donors (Lipinski definition) is 0. The second-order valence-corrected chi connectivity index (χ2v) is 1.52. The molecule has 1 heterocycles. The molecule has 0 aliphatic heterocycles. The normalized spacial score (nSPS) is 9.00. The first-order valence-electron chi connectivity index (χ1n) is 2.39. The van der Waals surface area contributed by atoms with Crippen molar-refractivity contribution in [3.8, 4) is 0 Å². The van der Waals surface area contributed by atoms with Gasteiger partial charge in [-0.25, -0.2) is 4.39 Å². The Bertz CT molecular complexity index is 224. The molecule has 1 rings (SSSR count). The van der Waals surface area contributed by atoms with E-state index in [1.54, 1.807) is 0 Å². The minimum absolute atomic E-state index is 0.00231. The van der Waals surface area contributed by atoms with E-state index in [2.05, 4.69) is 4.98 Å². The van der Waals surface area contributed by atoms with Crippen molar-refractivity contribution in [2.75, 3.05) is 0 Å². The van der Waals surface area contributed by atoms with Crippen LogP contribution in [0, 0.1) is 5.82 Å². The first-order chi connectivity index (χ1) is 4.34. The number of nitrogens with zero attached hydrogens (tertiary/aromatic N) is 1. The average molecular weight is 125 g/mol. The molecule has 46 valence electrons. The molecule has 0 aliphatic rings. The lowest BCUT2D eigenvalue weighted by Gasteiger charge is -1.87. The van der Waals surface area contributed by atoms with Gasteiger partial charge in [-0.15, -0.1) is 0 Å². The maximum atomic E-state index is 12.3. The summed E-state index contributed by atoms with van der Waals surface area (Å²) in [6.45, 7) is 0. The Morgan fingerprint density at radius 2 is 2.44 bits per heavy atom. The Labute approximate surface area is 51.3 Å². The largest absolute Gasteiger partial charge is 0.298 e. The molecule has 1 aromatic rings. The zero-order chi connectivity index (χ0) is 6.69. The number of hydrogen-bond acceptors (Lipinski definition) is 2. The fourth-order valence-corrected chi connectivity index (χ4v) is 0.476. The van der Waals surface area contributed by atoms with Crippen LogP contribution in [0.5, 0.6) is 0 Å². The van der Waals surface area contributed by atoms with Gasteiger partial charge in [-0.1, -0.05) is 0 Å². The molecule has 0 amide bonds. The maximum absolute atomic E-state index is 12.3. The van der Waals surface area contributed by atoms with Gasteiger partial charge in [0, 0.05) is 12.4 Å². The fraction of sp³-hybridized carbons (Fsp3) is 0. The van der Waals surface area contributed by atoms with Crippen LogP contribution in [-0.2, 0) is 0 Å². The van der Waals surface area contributed by atoms with Crippen LogP contribution in [-0.4, -0.2) is 11.3 Å². The van der Waals surface area contributed by atoms with E-state index in [-0.39, 0.29) is 5.56 Å². The number of pyridine rings is 1. The summed E-state index contributed by atoms with van der Waals surface area (Å²) in [5, 5.41) is 0. The summed E-state index contributed by atoms with van der Waals surface area (Å²) in [6.07, 6.45) is 2.91. The van der Waals surface area contributed by atoms with E-state index < -0.39 is 5.82 Å². The van der Waals surface area contributed by atoms with Crippen molar-refractivity contribution in [3.05, 3.63) is 29.8 Å². The molecule has 0 saturated carbocycles. The van der Waals surface area contributed by atoms with E-state index in [9.17, 15) is 9.18 Å². The number of aldehydes is 1. The topological polar surface area (TPSA) is 30.0 Å². The van der Waals surface area contributed by atoms with E-state index in [0.717, 1.165) is 6.07 Å². The molecule has 0 N–H and O–H groups in total. The summed E-state index contributed by atoms with van der Waals surface area (Å²) in [4.78, 5) is 13.5. The molecule has 3 heteroatoms. The standard InChI is InChI=1S/C6H4FNO/c7-6-1-2-8-3-5(6)4-9/h1-4H. The third kappa shape index (κ3) is 1.10. The van der Waals surface area contributed by atoms with Crippen molar-refractivity contribution in [1.29, 1.82) is 0 Å². The first kappa shape index (κ1) is 5.88. The highest BCUT2D eigenvalue weighted by Gasteiger charge is 1.95. The molecule has 0 aromatic carbocycles. The van der Waals surface area contributed by atoms with Crippen LogP contribution in [0.1, 0.15) is 10.4 Å². The predicted octanol–water partition coefficient (Wildman–Crippen LogP) is 1.03. The van der Waals surface area contributed by atoms with Crippen LogP contribution < -0.4 is 0 Å². The van der Waals surface area contributed by atoms with Gasteiger partial charge in [0.1, 0.15) is 5.82 Å². The smallest absolute Gasteiger partial charge is 0.154 e. The van der Waals surface area contributed by atoms with Crippen LogP contribution >= 0.6 is 0 Å².